The van der Waals surface area contributed by atoms with Gasteiger partial charge in [-0.2, -0.15) is 13.2 Å². The summed E-state index contributed by atoms with van der Waals surface area (Å²) in [6.07, 6.45) is -5.11. The number of anilines is 1. The lowest BCUT2D eigenvalue weighted by molar-refractivity contribution is -0.140. The second kappa shape index (κ2) is 11.1. The Labute approximate surface area is 214 Å². The molecule has 190 valence electrons. The minimum atomic E-state index is -4.79. The number of nitrogens with one attached hydrogen (secondary N) is 1. The fourth-order valence-electron chi connectivity index (χ4n) is 3.47. The third-order valence-corrected chi connectivity index (χ3v) is 6.21. The van der Waals surface area contributed by atoms with E-state index in [0.29, 0.717) is 6.42 Å². The summed E-state index contributed by atoms with van der Waals surface area (Å²) in [6, 6.07) is 19.8. The number of ether oxygens (including phenoxy) is 1. The lowest BCUT2D eigenvalue weighted by Crippen LogP contribution is -2.50. The monoisotopic (exact) mass is 564 g/mol. The van der Waals surface area contributed by atoms with Crippen molar-refractivity contribution < 1.29 is 32.6 Å². The minimum absolute atomic E-state index is 0.00854. The van der Waals surface area contributed by atoms with Gasteiger partial charge in [0, 0.05) is 6.42 Å². The highest BCUT2D eigenvalue weighted by atomic mass is 79.9. The molecule has 4 N–H and O–H groups in total. The molecule has 0 saturated heterocycles. The summed E-state index contributed by atoms with van der Waals surface area (Å²) in [6.45, 7) is 1.17. The SMILES string of the molecule is C[C@](N)(CC(=O)O)C(=O)Nc1ccc(OCCc2ccc(-c3ccccc3)cc2)c(C(F)(F)F)c1Br. The maximum atomic E-state index is 13.9. The first-order valence-corrected chi connectivity index (χ1v) is 11.7. The summed E-state index contributed by atoms with van der Waals surface area (Å²) < 4.78 is 46.6. The summed E-state index contributed by atoms with van der Waals surface area (Å²) in [7, 11) is 0. The van der Waals surface area contributed by atoms with E-state index in [1.807, 2.05) is 54.6 Å². The van der Waals surface area contributed by atoms with Gasteiger partial charge in [0.25, 0.3) is 0 Å². The van der Waals surface area contributed by atoms with E-state index in [2.05, 4.69) is 21.2 Å². The number of hydrogen-bond donors (Lipinski definition) is 3. The highest BCUT2D eigenvalue weighted by Gasteiger charge is 2.39. The van der Waals surface area contributed by atoms with Gasteiger partial charge in [-0.25, -0.2) is 0 Å². The van der Waals surface area contributed by atoms with E-state index >= 15 is 0 Å². The number of rotatable bonds is 9. The number of benzene rings is 3. The molecule has 1 amide bonds. The molecule has 0 spiro atoms. The number of halogens is 4. The maximum Gasteiger partial charge on any atom is 0.421 e. The molecule has 0 bridgehead atoms. The molecular weight excluding hydrogens is 541 g/mol. The predicted molar refractivity (Wildman–Crippen MR) is 134 cm³/mol. The van der Waals surface area contributed by atoms with E-state index in [1.165, 1.54) is 13.0 Å². The number of carbonyl (C=O) groups is 2. The zero-order valence-corrected chi connectivity index (χ0v) is 20.8. The van der Waals surface area contributed by atoms with E-state index in [4.69, 9.17) is 15.6 Å². The van der Waals surface area contributed by atoms with Crippen molar-refractivity contribution in [3.8, 4) is 16.9 Å². The number of hydrogen-bond acceptors (Lipinski definition) is 4. The number of carboxylic acid groups (broad SMARTS) is 1. The molecule has 0 aliphatic rings. The lowest BCUT2D eigenvalue weighted by Gasteiger charge is -2.23. The molecule has 1 atom stereocenters. The van der Waals surface area contributed by atoms with Gasteiger partial charge in [0.05, 0.1) is 23.2 Å². The highest BCUT2D eigenvalue weighted by Crippen LogP contribution is 2.44. The zero-order valence-electron chi connectivity index (χ0n) is 19.2. The van der Waals surface area contributed by atoms with Gasteiger partial charge < -0.3 is 20.9 Å². The Bertz CT molecular complexity index is 1230. The quantitative estimate of drug-likeness (QED) is 0.301. The molecule has 0 aliphatic carbocycles. The third kappa shape index (κ3) is 6.86. The molecule has 3 aromatic carbocycles. The third-order valence-electron chi connectivity index (χ3n) is 5.38. The van der Waals surface area contributed by atoms with Crippen LogP contribution in [-0.4, -0.2) is 29.1 Å². The first-order chi connectivity index (χ1) is 16.9. The van der Waals surface area contributed by atoms with Crippen LogP contribution in [0.2, 0.25) is 0 Å². The smallest absolute Gasteiger partial charge is 0.421 e. The summed E-state index contributed by atoms with van der Waals surface area (Å²) in [5.74, 6) is -2.66. The van der Waals surface area contributed by atoms with Gasteiger partial charge >= 0.3 is 12.1 Å². The number of alkyl halides is 3. The summed E-state index contributed by atoms with van der Waals surface area (Å²) >= 11 is 2.91. The van der Waals surface area contributed by atoms with Gasteiger partial charge in [0.2, 0.25) is 5.91 Å². The second-order valence-corrected chi connectivity index (χ2v) is 9.19. The fourth-order valence-corrected chi connectivity index (χ4v) is 4.12. The largest absolute Gasteiger partial charge is 0.493 e. The molecule has 0 aliphatic heterocycles. The van der Waals surface area contributed by atoms with Crippen LogP contribution in [0, 0.1) is 0 Å². The summed E-state index contributed by atoms with van der Waals surface area (Å²) in [5, 5.41) is 11.2. The van der Waals surface area contributed by atoms with Crippen LogP contribution in [0.1, 0.15) is 24.5 Å². The maximum absolute atomic E-state index is 13.9. The van der Waals surface area contributed by atoms with Crippen molar-refractivity contribution in [2.45, 2.75) is 31.5 Å². The van der Waals surface area contributed by atoms with E-state index in [1.54, 1.807) is 0 Å². The first kappa shape index (κ1) is 27.2. The molecule has 10 heteroatoms. The Morgan fingerprint density at radius 2 is 1.61 bits per heavy atom. The summed E-state index contributed by atoms with van der Waals surface area (Å²) in [4.78, 5) is 23.3. The molecule has 3 rings (SSSR count). The van der Waals surface area contributed by atoms with Gasteiger partial charge in [-0.05, 0) is 51.7 Å². The Kier molecular flexibility index (Phi) is 8.42. The van der Waals surface area contributed by atoms with Crippen LogP contribution in [-0.2, 0) is 22.2 Å². The minimum Gasteiger partial charge on any atom is -0.493 e. The van der Waals surface area contributed by atoms with Crippen LogP contribution in [0.15, 0.2) is 71.2 Å². The number of aliphatic carboxylic acids is 1. The Balaban J connectivity index is 1.73. The average molecular weight is 565 g/mol. The first-order valence-electron chi connectivity index (χ1n) is 10.9. The van der Waals surface area contributed by atoms with E-state index < -0.39 is 45.8 Å². The van der Waals surface area contributed by atoms with Gasteiger partial charge in [-0.15, -0.1) is 0 Å². The van der Waals surface area contributed by atoms with Crippen LogP contribution >= 0.6 is 15.9 Å². The number of carboxylic acids is 1. The predicted octanol–water partition coefficient (Wildman–Crippen LogP) is 5.89. The normalized spacial score (nSPS) is 13.1. The molecule has 0 radical (unpaired) electrons. The molecule has 36 heavy (non-hydrogen) atoms. The molecule has 0 aromatic heterocycles. The number of nitrogens with two attached hydrogens (primary N) is 1. The molecule has 6 nitrogen and oxygen atoms in total. The molecular formula is C26H24BrF3N2O4. The van der Waals surface area contributed by atoms with Crippen LogP contribution in [0.25, 0.3) is 11.1 Å². The van der Waals surface area contributed by atoms with Crippen LogP contribution < -0.4 is 15.8 Å². The van der Waals surface area contributed by atoms with Gasteiger partial charge in [-0.1, -0.05) is 54.6 Å². The van der Waals surface area contributed by atoms with Crippen LogP contribution in [0.5, 0.6) is 5.75 Å². The van der Waals surface area contributed by atoms with Crippen LogP contribution in [0.4, 0.5) is 18.9 Å². The molecule has 3 aromatic rings. The lowest BCUT2D eigenvalue weighted by atomic mass is 9.98. The molecule has 0 heterocycles. The van der Waals surface area contributed by atoms with Gasteiger partial charge in [0.1, 0.15) is 16.9 Å². The van der Waals surface area contributed by atoms with Crippen molar-refractivity contribution in [1.29, 1.82) is 0 Å². The Morgan fingerprint density at radius 1 is 1.00 bits per heavy atom. The zero-order chi connectivity index (χ0) is 26.5. The van der Waals surface area contributed by atoms with E-state index in [-0.39, 0.29) is 12.3 Å². The van der Waals surface area contributed by atoms with Gasteiger partial charge in [0.15, 0.2) is 0 Å². The highest BCUT2D eigenvalue weighted by molar-refractivity contribution is 9.10. The van der Waals surface area contributed by atoms with Crippen molar-refractivity contribution >= 4 is 33.5 Å². The second-order valence-electron chi connectivity index (χ2n) is 8.40. The number of carbonyl (C=O) groups excluding carboxylic acids is 1. The van der Waals surface area contributed by atoms with Gasteiger partial charge in [-0.3, -0.25) is 9.59 Å². The van der Waals surface area contributed by atoms with Crippen molar-refractivity contribution in [2.75, 3.05) is 11.9 Å². The fraction of sp³-hybridized carbons (Fsp3) is 0.231. The molecule has 0 fully saturated rings. The molecule has 0 unspecified atom stereocenters. The van der Waals surface area contributed by atoms with Crippen molar-refractivity contribution in [3.05, 3.63) is 82.3 Å². The standard InChI is InChI=1S/C26H24BrF3N2O4/c1-25(31,15-21(33)34)24(35)32-19-11-12-20(22(23(19)27)26(28,29)30)36-14-13-16-7-9-18(10-8-16)17-5-3-2-4-6-17/h2-12H,13-15,31H2,1H3,(H,32,35)(H,33,34)/t25-/m0/s1. The number of amides is 1. The Hall–Kier alpha value is -3.37. The van der Waals surface area contributed by atoms with E-state index in [0.717, 1.165) is 22.8 Å². The summed E-state index contributed by atoms with van der Waals surface area (Å²) in [5.41, 5.74) is 5.57. The van der Waals surface area contributed by atoms with Crippen molar-refractivity contribution in [3.63, 3.8) is 0 Å². The van der Waals surface area contributed by atoms with Crippen molar-refractivity contribution in [2.24, 2.45) is 5.73 Å². The Morgan fingerprint density at radius 3 is 2.19 bits per heavy atom. The molecule has 0 saturated carbocycles. The van der Waals surface area contributed by atoms with E-state index in [9.17, 15) is 22.8 Å². The van der Waals surface area contributed by atoms with Crippen molar-refractivity contribution in [1.82, 2.24) is 0 Å². The van der Waals surface area contributed by atoms with Crippen LogP contribution in [0.3, 0.4) is 0 Å². The topological polar surface area (TPSA) is 102 Å². The average Bonchev–Trinajstić information content (AvgIpc) is 2.80.